The molecule has 1 aliphatic carbocycles. The molecular weight excluding hydrogens is 400 g/mol. The number of hydrogen-bond donors (Lipinski definition) is 1. The highest BCUT2D eigenvalue weighted by atomic mass is 15.4. The van der Waals surface area contributed by atoms with Gasteiger partial charge < -0.3 is 14.8 Å². The molecule has 2 aliphatic rings. The van der Waals surface area contributed by atoms with E-state index >= 15 is 0 Å². The number of fused-ring (bicyclic) bond motifs is 1. The SMILES string of the molecule is c1ccc(C2CCCN2c2nc(Nc3cn(C4CCCCC4)cn3)c3cccn3n2)nc1. The van der Waals surface area contributed by atoms with Gasteiger partial charge >= 0.3 is 0 Å². The van der Waals surface area contributed by atoms with Crippen molar-refractivity contribution in [2.45, 2.75) is 57.0 Å². The molecule has 4 aromatic rings. The molecular formula is C24H28N8. The summed E-state index contributed by atoms with van der Waals surface area (Å²) in [7, 11) is 0. The molecule has 1 saturated carbocycles. The van der Waals surface area contributed by atoms with Crippen LogP contribution in [0, 0.1) is 0 Å². The molecule has 0 bridgehead atoms. The zero-order valence-electron chi connectivity index (χ0n) is 18.1. The summed E-state index contributed by atoms with van der Waals surface area (Å²) in [4.78, 5) is 16.4. The summed E-state index contributed by atoms with van der Waals surface area (Å²) in [6.07, 6.45) is 16.5. The van der Waals surface area contributed by atoms with Gasteiger partial charge in [-0.3, -0.25) is 4.98 Å². The Kier molecular flexibility index (Phi) is 4.97. The standard InChI is InChI=1S/C24H28N8/c1-2-8-18(9-3-1)30-16-22(26-17-30)27-23-21-12-7-15-32(21)29-24(28-23)31-14-6-11-20(31)19-10-4-5-13-25-19/h4-5,7,10,12-13,15-18,20H,1-3,6,8-9,11,14H2,(H,27,28,29). The van der Waals surface area contributed by atoms with E-state index in [9.17, 15) is 0 Å². The zero-order chi connectivity index (χ0) is 21.3. The molecule has 4 aromatic heterocycles. The first-order chi connectivity index (χ1) is 15.8. The first kappa shape index (κ1) is 19.3. The van der Waals surface area contributed by atoms with Gasteiger partial charge in [-0.15, -0.1) is 5.10 Å². The number of aromatic nitrogens is 6. The van der Waals surface area contributed by atoms with E-state index in [1.54, 1.807) is 0 Å². The van der Waals surface area contributed by atoms with Crippen LogP contribution in [0.15, 0.2) is 55.2 Å². The summed E-state index contributed by atoms with van der Waals surface area (Å²) in [6.45, 7) is 0.920. The molecule has 1 aliphatic heterocycles. The van der Waals surface area contributed by atoms with Crippen LogP contribution in [0.5, 0.6) is 0 Å². The second kappa shape index (κ2) is 8.26. The van der Waals surface area contributed by atoms with Crippen molar-refractivity contribution in [3.63, 3.8) is 0 Å². The number of nitrogens with zero attached hydrogens (tertiary/aromatic N) is 7. The highest BCUT2D eigenvalue weighted by Gasteiger charge is 2.30. The predicted molar refractivity (Wildman–Crippen MR) is 124 cm³/mol. The smallest absolute Gasteiger partial charge is 0.246 e. The minimum Gasteiger partial charge on any atom is -0.332 e. The maximum absolute atomic E-state index is 4.95. The van der Waals surface area contributed by atoms with Gasteiger partial charge in [-0.1, -0.05) is 25.3 Å². The summed E-state index contributed by atoms with van der Waals surface area (Å²) in [6, 6.07) is 10.9. The van der Waals surface area contributed by atoms with E-state index in [0.717, 1.165) is 48.2 Å². The highest BCUT2D eigenvalue weighted by molar-refractivity contribution is 5.73. The Morgan fingerprint density at radius 3 is 2.75 bits per heavy atom. The van der Waals surface area contributed by atoms with Crippen LogP contribution >= 0.6 is 0 Å². The van der Waals surface area contributed by atoms with Crippen molar-refractivity contribution >= 4 is 23.1 Å². The molecule has 1 N–H and O–H groups in total. The number of nitrogens with one attached hydrogen (secondary N) is 1. The molecule has 2 fully saturated rings. The van der Waals surface area contributed by atoms with Crippen LogP contribution in [-0.4, -0.2) is 35.7 Å². The quantitative estimate of drug-likeness (QED) is 0.487. The molecule has 0 amide bonds. The lowest BCUT2D eigenvalue weighted by Gasteiger charge is -2.24. The summed E-state index contributed by atoms with van der Waals surface area (Å²) >= 11 is 0. The molecule has 1 saturated heterocycles. The Hall–Kier alpha value is -3.42. The normalized spacial score (nSPS) is 19.6. The third-order valence-electron chi connectivity index (χ3n) is 6.76. The first-order valence-electron chi connectivity index (χ1n) is 11.7. The van der Waals surface area contributed by atoms with Crippen molar-refractivity contribution in [3.05, 3.63) is 60.9 Å². The molecule has 5 heterocycles. The Balaban J connectivity index is 1.31. The summed E-state index contributed by atoms with van der Waals surface area (Å²) in [5.41, 5.74) is 2.01. The van der Waals surface area contributed by atoms with Crippen molar-refractivity contribution in [1.82, 2.24) is 29.1 Å². The van der Waals surface area contributed by atoms with Crippen LogP contribution in [-0.2, 0) is 0 Å². The van der Waals surface area contributed by atoms with Crippen molar-refractivity contribution in [3.8, 4) is 0 Å². The second-order valence-electron chi connectivity index (χ2n) is 8.83. The maximum atomic E-state index is 4.95. The summed E-state index contributed by atoms with van der Waals surface area (Å²) in [5.74, 6) is 2.32. The van der Waals surface area contributed by atoms with Gasteiger partial charge in [0, 0.05) is 31.2 Å². The molecule has 164 valence electrons. The van der Waals surface area contributed by atoms with Gasteiger partial charge in [0.25, 0.3) is 0 Å². The van der Waals surface area contributed by atoms with Gasteiger partial charge in [0.05, 0.1) is 18.1 Å². The van der Waals surface area contributed by atoms with Crippen molar-refractivity contribution in [2.24, 2.45) is 0 Å². The summed E-state index contributed by atoms with van der Waals surface area (Å²) < 4.78 is 4.16. The Morgan fingerprint density at radius 2 is 1.88 bits per heavy atom. The van der Waals surface area contributed by atoms with Crippen LogP contribution < -0.4 is 10.2 Å². The Bertz CT molecular complexity index is 1190. The Morgan fingerprint density at radius 1 is 0.938 bits per heavy atom. The average Bonchev–Trinajstić information content (AvgIpc) is 3.60. The summed E-state index contributed by atoms with van der Waals surface area (Å²) in [5, 5.41) is 8.28. The van der Waals surface area contributed by atoms with Gasteiger partial charge in [0.2, 0.25) is 5.95 Å². The number of imidazole rings is 1. The van der Waals surface area contributed by atoms with Crippen molar-refractivity contribution in [1.29, 1.82) is 0 Å². The van der Waals surface area contributed by atoms with Crippen molar-refractivity contribution < 1.29 is 0 Å². The molecule has 0 aromatic carbocycles. The topological polar surface area (TPSA) is 76.2 Å². The first-order valence-corrected chi connectivity index (χ1v) is 11.7. The third kappa shape index (κ3) is 3.59. The van der Waals surface area contributed by atoms with E-state index in [0.29, 0.717) is 6.04 Å². The third-order valence-corrected chi connectivity index (χ3v) is 6.76. The van der Waals surface area contributed by atoms with Gasteiger partial charge in [-0.05, 0) is 49.9 Å². The van der Waals surface area contributed by atoms with Gasteiger partial charge in [-0.2, -0.15) is 4.98 Å². The fourth-order valence-corrected chi connectivity index (χ4v) is 5.12. The highest BCUT2D eigenvalue weighted by Crippen LogP contribution is 2.35. The average molecular weight is 429 g/mol. The van der Waals surface area contributed by atoms with Crippen LogP contribution in [0.1, 0.15) is 62.7 Å². The number of anilines is 3. The monoisotopic (exact) mass is 428 g/mol. The van der Waals surface area contributed by atoms with E-state index in [1.165, 1.54) is 32.1 Å². The largest absolute Gasteiger partial charge is 0.332 e. The number of hydrogen-bond acceptors (Lipinski definition) is 6. The van der Waals surface area contributed by atoms with Crippen LogP contribution in [0.25, 0.3) is 5.52 Å². The number of rotatable bonds is 5. The molecule has 1 atom stereocenters. The van der Waals surface area contributed by atoms with E-state index in [4.69, 9.17) is 10.1 Å². The fourth-order valence-electron chi connectivity index (χ4n) is 5.12. The van der Waals surface area contributed by atoms with Gasteiger partial charge in [0.1, 0.15) is 11.3 Å². The van der Waals surface area contributed by atoms with E-state index < -0.39 is 0 Å². The molecule has 1 unspecified atom stereocenters. The molecule has 8 heteroatoms. The lowest BCUT2D eigenvalue weighted by atomic mass is 9.95. The van der Waals surface area contributed by atoms with Crippen LogP contribution in [0.3, 0.4) is 0 Å². The molecule has 8 nitrogen and oxygen atoms in total. The fraction of sp³-hybridized carbons (Fsp3) is 0.417. The van der Waals surface area contributed by atoms with Gasteiger partial charge in [-0.25, -0.2) is 9.50 Å². The molecule has 6 rings (SSSR count). The zero-order valence-corrected chi connectivity index (χ0v) is 18.1. The minimum absolute atomic E-state index is 0.197. The molecule has 32 heavy (non-hydrogen) atoms. The van der Waals surface area contributed by atoms with Crippen molar-refractivity contribution in [2.75, 3.05) is 16.8 Å². The lowest BCUT2D eigenvalue weighted by Crippen LogP contribution is -2.26. The second-order valence-corrected chi connectivity index (χ2v) is 8.83. The predicted octanol–water partition coefficient (Wildman–Crippen LogP) is 4.91. The lowest BCUT2D eigenvalue weighted by molar-refractivity contribution is 0.353. The minimum atomic E-state index is 0.197. The van der Waals surface area contributed by atoms with E-state index in [1.807, 2.05) is 47.5 Å². The van der Waals surface area contributed by atoms with E-state index in [-0.39, 0.29) is 6.04 Å². The van der Waals surface area contributed by atoms with Gasteiger partial charge in [0.15, 0.2) is 5.82 Å². The maximum Gasteiger partial charge on any atom is 0.246 e. The van der Waals surface area contributed by atoms with Crippen LogP contribution in [0.2, 0.25) is 0 Å². The molecule has 0 radical (unpaired) electrons. The molecule has 0 spiro atoms. The Labute approximate surface area is 187 Å². The number of pyridine rings is 1. The van der Waals surface area contributed by atoms with Crippen LogP contribution in [0.4, 0.5) is 17.6 Å². The van der Waals surface area contributed by atoms with E-state index in [2.05, 4.69) is 37.0 Å².